The van der Waals surface area contributed by atoms with Crippen LogP contribution in [0.15, 0.2) is 78.0 Å². The van der Waals surface area contributed by atoms with E-state index in [2.05, 4.69) is 20.6 Å². The maximum absolute atomic E-state index is 14.4. The van der Waals surface area contributed by atoms with Crippen molar-refractivity contribution in [2.45, 2.75) is 11.4 Å². The van der Waals surface area contributed by atoms with Crippen LogP contribution in [0.5, 0.6) is 0 Å². The lowest BCUT2D eigenvalue weighted by atomic mass is 10.1. The van der Waals surface area contributed by atoms with Crippen molar-refractivity contribution in [3.63, 3.8) is 0 Å². The Balaban J connectivity index is 1.67. The third-order valence-corrected chi connectivity index (χ3v) is 5.26. The molecule has 0 saturated carbocycles. The van der Waals surface area contributed by atoms with Gasteiger partial charge >= 0.3 is 0 Å². The summed E-state index contributed by atoms with van der Waals surface area (Å²) < 4.78 is 15.7. The predicted octanol–water partition coefficient (Wildman–Crippen LogP) is 4.12. The number of benzene rings is 2. The van der Waals surface area contributed by atoms with E-state index in [0.717, 1.165) is 10.5 Å². The van der Waals surface area contributed by atoms with Crippen LogP contribution in [-0.4, -0.2) is 32.1 Å². The van der Waals surface area contributed by atoms with Crippen molar-refractivity contribution in [1.29, 1.82) is 0 Å². The Morgan fingerprint density at radius 1 is 1.10 bits per heavy atom. The van der Waals surface area contributed by atoms with Gasteiger partial charge in [0.15, 0.2) is 5.69 Å². The monoisotopic (exact) mass is 419 g/mol. The van der Waals surface area contributed by atoms with Gasteiger partial charge in [0, 0.05) is 29.4 Å². The summed E-state index contributed by atoms with van der Waals surface area (Å²) in [6.45, 7) is 0.340. The molecule has 1 amide bonds. The fraction of sp³-hybridized carbons (Fsp3) is 0.0909. The summed E-state index contributed by atoms with van der Waals surface area (Å²) in [6.07, 6.45) is 5.22. The molecule has 0 radical (unpaired) electrons. The second kappa shape index (κ2) is 8.87. The van der Waals surface area contributed by atoms with Crippen molar-refractivity contribution in [2.24, 2.45) is 0 Å². The van der Waals surface area contributed by atoms with Gasteiger partial charge in [-0.25, -0.2) is 9.07 Å². The number of amides is 1. The first-order chi connectivity index (χ1) is 14.7. The first kappa shape index (κ1) is 19.8. The molecule has 0 aliphatic carbocycles. The number of nitrogens with zero attached hydrogens (tertiary/aromatic N) is 4. The molecule has 0 spiro atoms. The molecule has 0 atom stereocenters. The van der Waals surface area contributed by atoms with Gasteiger partial charge in [0.05, 0.1) is 0 Å². The SMILES string of the molecule is CSc1ccc(CNC(=O)c2nnn(-c3ccccc3F)c2-c2cccnc2)cc1. The van der Waals surface area contributed by atoms with Gasteiger partial charge in [0.2, 0.25) is 0 Å². The molecule has 0 aliphatic rings. The number of hydrogen-bond acceptors (Lipinski definition) is 5. The lowest BCUT2D eigenvalue weighted by Gasteiger charge is -2.09. The Kier molecular flexibility index (Phi) is 5.85. The summed E-state index contributed by atoms with van der Waals surface area (Å²) >= 11 is 1.66. The number of carbonyl (C=O) groups excluding carboxylic acids is 1. The molecule has 2 aromatic heterocycles. The first-order valence-electron chi connectivity index (χ1n) is 9.19. The number of halogens is 1. The third-order valence-electron chi connectivity index (χ3n) is 4.51. The molecule has 4 aromatic rings. The Morgan fingerprint density at radius 2 is 1.90 bits per heavy atom. The van der Waals surface area contributed by atoms with E-state index in [0.29, 0.717) is 17.8 Å². The van der Waals surface area contributed by atoms with Crippen molar-refractivity contribution < 1.29 is 9.18 Å². The van der Waals surface area contributed by atoms with Crippen LogP contribution in [0.3, 0.4) is 0 Å². The number of carbonyl (C=O) groups is 1. The number of para-hydroxylation sites is 1. The predicted molar refractivity (Wildman–Crippen MR) is 114 cm³/mol. The Hall–Kier alpha value is -3.52. The molecule has 30 heavy (non-hydrogen) atoms. The molecule has 150 valence electrons. The van der Waals surface area contributed by atoms with Crippen LogP contribution in [0.25, 0.3) is 16.9 Å². The van der Waals surface area contributed by atoms with Crippen LogP contribution in [0.2, 0.25) is 0 Å². The number of hydrogen-bond donors (Lipinski definition) is 1. The topological polar surface area (TPSA) is 72.7 Å². The van der Waals surface area contributed by atoms with Gasteiger partial charge in [-0.05, 0) is 48.2 Å². The van der Waals surface area contributed by atoms with Gasteiger partial charge in [-0.15, -0.1) is 16.9 Å². The smallest absolute Gasteiger partial charge is 0.274 e. The summed E-state index contributed by atoms with van der Waals surface area (Å²) in [7, 11) is 0. The summed E-state index contributed by atoms with van der Waals surface area (Å²) in [4.78, 5) is 18.2. The molecule has 0 bridgehead atoms. The van der Waals surface area contributed by atoms with Gasteiger partial charge in [-0.2, -0.15) is 0 Å². The molecular weight excluding hydrogens is 401 g/mol. The third kappa shape index (κ3) is 4.08. The lowest BCUT2D eigenvalue weighted by Crippen LogP contribution is -2.24. The fourth-order valence-corrected chi connectivity index (χ4v) is 3.41. The van der Waals surface area contributed by atoms with Crippen LogP contribution < -0.4 is 5.32 Å². The van der Waals surface area contributed by atoms with E-state index in [1.165, 1.54) is 10.7 Å². The van der Waals surface area contributed by atoms with Gasteiger partial charge in [0.25, 0.3) is 5.91 Å². The van der Waals surface area contributed by atoms with Gasteiger partial charge < -0.3 is 5.32 Å². The molecule has 0 saturated heterocycles. The van der Waals surface area contributed by atoms with Crippen LogP contribution >= 0.6 is 11.8 Å². The molecule has 1 N–H and O–H groups in total. The molecule has 4 rings (SSSR count). The van der Waals surface area contributed by atoms with E-state index in [1.807, 2.05) is 30.5 Å². The van der Waals surface area contributed by atoms with E-state index in [9.17, 15) is 9.18 Å². The molecule has 2 aromatic carbocycles. The fourth-order valence-electron chi connectivity index (χ4n) is 3.00. The Morgan fingerprint density at radius 3 is 2.60 bits per heavy atom. The molecule has 6 nitrogen and oxygen atoms in total. The van der Waals surface area contributed by atoms with Crippen LogP contribution in [0.1, 0.15) is 16.1 Å². The highest BCUT2D eigenvalue weighted by Crippen LogP contribution is 2.26. The van der Waals surface area contributed by atoms with Crippen molar-refractivity contribution in [3.8, 4) is 16.9 Å². The van der Waals surface area contributed by atoms with Crippen molar-refractivity contribution in [1.82, 2.24) is 25.3 Å². The van der Waals surface area contributed by atoms with Gasteiger partial charge in [-0.3, -0.25) is 9.78 Å². The van der Waals surface area contributed by atoms with Crippen molar-refractivity contribution >= 4 is 17.7 Å². The maximum Gasteiger partial charge on any atom is 0.274 e. The van der Waals surface area contributed by atoms with E-state index in [1.54, 1.807) is 54.5 Å². The summed E-state index contributed by atoms with van der Waals surface area (Å²) in [6, 6.07) is 17.7. The summed E-state index contributed by atoms with van der Waals surface area (Å²) in [5, 5.41) is 11.0. The summed E-state index contributed by atoms with van der Waals surface area (Å²) in [5.41, 5.74) is 2.26. The normalized spacial score (nSPS) is 10.7. The number of pyridine rings is 1. The quantitative estimate of drug-likeness (QED) is 0.476. The number of rotatable bonds is 6. The van der Waals surface area contributed by atoms with Crippen LogP contribution in [-0.2, 0) is 6.54 Å². The lowest BCUT2D eigenvalue weighted by molar-refractivity contribution is 0.0946. The zero-order valence-corrected chi connectivity index (χ0v) is 16.9. The second-order valence-electron chi connectivity index (χ2n) is 6.42. The highest BCUT2D eigenvalue weighted by Gasteiger charge is 2.23. The number of thioether (sulfide) groups is 1. The average molecular weight is 419 g/mol. The average Bonchev–Trinajstić information content (AvgIpc) is 3.24. The minimum absolute atomic E-state index is 0.104. The van der Waals surface area contributed by atoms with E-state index < -0.39 is 11.7 Å². The number of nitrogens with one attached hydrogen (secondary N) is 1. The standard InChI is InChI=1S/C22H18FN5OS/c1-30-17-10-8-15(9-11-17)13-25-22(29)20-21(16-5-4-12-24-14-16)28(27-26-20)19-7-3-2-6-18(19)23/h2-12,14H,13H2,1H3,(H,25,29). The van der Waals surface area contributed by atoms with Gasteiger partial charge in [-0.1, -0.05) is 29.5 Å². The van der Waals surface area contributed by atoms with E-state index in [4.69, 9.17) is 0 Å². The minimum Gasteiger partial charge on any atom is -0.346 e. The largest absolute Gasteiger partial charge is 0.346 e. The molecule has 0 fully saturated rings. The molecule has 2 heterocycles. The Bertz CT molecular complexity index is 1160. The summed E-state index contributed by atoms with van der Waals surface area (Å²) in [5.74, 6) is -0.862. The zero-order chi connectivity index (χ0) is 20.9. The van der Waals surface area contributed by atoms with Crippen LogP contribution in [0.4, 0.5) is 4.39 Å². The Labute approximate surface area is 177 Å². The van der Waals surface area contributed by atoms with Crippen molar-refractivity contribution in [2.75, 3.05) is 6.26 Å². The second-order valence-corrected chi connectivity index (χ2v) is 7.30. The number of aromatic nitrogens is 4. The highest BCUT2D eigenvalue weighted by molar-refractivity contribution is 7.98. The maximum atomic E-state index is 14.4. The highest BCUT2D eigenvalue weighted by atomic mass is 32.2. The molecular formula is C22H18FN5OS. The van der Waals surface area contributed by atoms with E-state index in [-0.39, 0.29) is 11.4 Å². The minimum atomic E-state index is -0.464. The van der Waals surface area contributed by atoms with E-state index >= 15 is 0 Å². The molecule has 0 unspecified atom stereocenters. The zero-order valence-electron chi connectivity index (χ0n) is 16.1. The first-order valence-corrected chi connectivity index (χ1v) is 10.4. The van der Waals surface area contributed by atoms with Crippen molar-refractivity contribution in [3.05, 3.63) is 90.1 Å². The van der Waals surface area contributed by atoms with Gasteiger partial charge in [0.1, 0.15) is 17.2 Å². The van der Waals surface area contributed by atoms with Crippen LogP contribution in [0, 0.1) is 5.82 Å². The molecule has 8 heteroatoms. The molecule has 0 aliphatic heterocycles.